The molecule has 0 aliphatic carbocycles. The SMILES string of the molecule is C=Cc1cc2cc(Cl)cc(COc3ccc(CCC(=O)O)c(C)c3C)c2o1. The van der Waals surface area contributed by atoms with Crippen molar-refractivity contribution < 1.29 is 19.1 Å². The fraction of sp³-hybridized carbons (Fsp3) is 0.227. The second kappa shape index (κ2) is 7.89. The Morgan fingerprint density at radius 1 is 1.22 bits per heavy atom. The van der Waals surface area contributed by atoms with Gasteiger partial charge in [-0.15, -0.1) is 0 Å². The molecule has 2 aromatic carbocycles. The van der Waals surface area contributed by atoms with E-state index < -0.39 is 5.97 Å². The quantitative estimate of drug-likeness (QED) is 0.547. The molecule has 0 radical (unpaired) electrons. The van der Waals surface area contributed by atoms with Crippen LogP contribution >= 0.6 is 11.6 Å². The number of hydrogen-bond donors (Lipinski definition) is 1. The molecule has 3 rings (SSSR count). The van der Waals surface area contributed by atoms with Gasteiger partial charge in [-0.25, -0.2) is 0 Å². The van der Waals surface area contributed by atoms with Gasteiger partial charge in [0.1, 0.15) is 23.7 Å². The fourth-order valence-electron chi connectivity index (χ4n) is 3.09. The molecule has 0 saturated heterocycles. The first kappa shape index (κ1) is 19.1. The molecule has 0 aliphatic heterocycles. The van der Waals surface area contributed by atoms with Gasteiger partial charge < -0.3 is 14.3 Å². The van der Waals surface area contributed by atoms with E-state index in [4.69, 9.17) is 25.9 Å². The Hall–Kier alpha value is -2.72. The summed E-state index contributed by atoms with van der Waals surface area (Å²) in [5.74, 6) is 0.647. The molecule has 4 nitrogen and oxygen atoms in total. The summed E-state index contributed by atoms with van der Waals surface area (Å²) in [4.78, 5) is 10.8. The fourth-order valence-corrected chi connectivity index (χ4v) is 3.34. The zero-order chi connectivity index (χ0) is 19.6. The Labute approximate surface area is 163 Å². The van der Waals surface area contributed by atoms with Gasteiger partial charge in [-0.3, -0.25) is 4.79 Å². The Kier molecular flexibility index (Phi) is 5.57. The maximum atomic E-state index is 10.8. The molecule has 1 aromatic heterocycles. The maximum absolute atomic E-state index is 10.8. The van der Waals surface area contributed by atoms with Crippen LogP contribution in [-0.4, -0.2) is 11.1 Å². The van der Waals surface area contributed by atoms with Gasteiger partial charge in [-0.1, -0.05) is 24.2 Å². The predicted molar refractivity (Wildman–Crippen MR) is 108 cm³/mol. The number of furan rings is 1. The molecule has 5 heteroatoms. The zero-order valence-corrected chi connectivity index (χ0v) is 16.1. The van der Waals surface area contributed by atoms with Gasteiger partial charge in [0.25, 0.3) is 0 Å². The van der Waals surface area contributed by atoms with Crippen LogP contribution in [0.2, 0.25) is 5.02 Å². The lowest BCUT2D eigenvalue weighted by Gasteiger charge is -2.14. The highest BCUT2D eigenvalue weighted by Crippen LogP contribution is 2.30. The second-order valence-corrected chi connectivity index (χ2v) is 6.93. The van der Waals surface area contributed by atoms with Crippen LogP contribution in [0, 0.1) is 13.8 Å². The van der Waals surface area contributed by atoms with E-state index in [2.05, 4.69) is 6.58 Å². The summed E-state index contributed by atoms with van der Waals surface area (Å²) in [5.41, 5.74) is 4.67. The van der Waals surface area contributed by atoms with Crippen LogP contribution in [0.5, 0.6) is 5.75 Å². The van der Waals surface area contributed by atoms with Crippen LogP contribution in [0.25, 0.3) is 17.0 Å². The van der Waals surface area contributed by atoms with E-state index in [-0.39, 0.29) is 6.42 Å². The molecule has 0 amide bonds. The van der Waals surface area contributed by atoms with Crippen molar-refractivity contribution in [2.75, 3.05) is 0 Å². The van der Waals surface area contributed by atoms with Gasteiger partial charge in [0.15, 0.2) is 0 Å². The minimum atomic E-state index is -0.797. The third-order valence-corrected chi connectivity index (χ3v) is 4.94. The number of halogens is 1. The van der Waals surface area contributed by atoms with Crippen molar-refractivity contribution in [3.63, 3.8) is 0 Å². The minimum Gasteiger partial charge on any atom is -0.488 e. The Balaban J connectivity index is 1.83. The first-order valence-corrected chi connectivity index (χ1v) is 9.05. The molecule has 0 spiro atoms. The van der Waals surface area contributed by atoms with Crippen LogP contribution in [0.1, 0.15) is 34.4 Å². The maximum Gasteiger partial charge on any atom is 0.303 e. The number of benzene rings is 2. The summed E-state index contributed by atoms with van der Waals surface area (Å²) in [7, 11) is 0. The van der Waals surface area contributed by atoms with Gasteiger partial charge in [-0.05, 0) is 67.3 Å². The second-order valence-electron chi connectivity index (χ2n) is 6.49. The minimum absolute atomic E-state index is 0.116. The van der Waals surface area contributed by atoms with Gasteiger partial charge in [0.05, 0.1) is 0 Å². The molecule has 0 aliphatic rings. The lowest BCUT2D eigenvalue weighted by molar-refractivity contribution is -0.136. The predicted octanol–water partition coefficient (Wildman–Crippen LogP) is 5.94. The number of fused-ring (bicyclic) bond motifs is 1. The highest BCUT2D eigenvalue weighted by Gasteiger charge is 2.12. The van der Waals surface area contributed by atoms with Crippen LogP contribution in [-0.2, 0) is 17.8 Å². The van der Waals surface area contributed by atoms with Gasteiger partial charge in [-0.2, -0.15) is 0 Å². The van der Waals surface area contributed by atoms with Crippen molar-refractivity contribution in [3.8, 4) is 5.75 Å². The van der Waals surface area contributed by atoms with E-state index in [0.717, 1.165) is 39.0 Å². The van der Waals surface area contributed by atoms with E-state index in [9.17, 15) is 4.79 Å². The number of ether oxygens (including phenoxy) is 1. The number of hydrogen-bond acceptors (Lipinski definition) is 3. The third-order valence-electron chi connectivity index (χ3n) is 4.72. The molecule has 1 heterocycles. The standard InChI is InChI=1S/C22H21ClO4/c1-4-19-11-16-9-18(23)10-17(22(16)27-19)12-26-20-7-5-15(6-8-21(24)25)13(2)14(20)3/h4-5,7,9-11H,1,6,8,12H2,2-3H3,(H,24,25). The average Bonchev–Trinajstić information content (AvgIpc) is 3.04. The molecule has 0 atom stereocenters. The zero-order valence-electron chi connectivity index (χ0n) is 15.3. The highest BCUT2D eigenvalue weighted by molar-refractivity contribution is 6.31. The Morgan fingerprint density at radius 2 is 2.00 bits per heavy atom. The largest absolute Gasteiger partial charge is 0.488 e. The third kappa shape index (κ3) is 4.17. The molecule has 0 unspecified atom stereocenters. The smallest absolute Gasteiger partial charge is 0.303 e. The van der Waals surface area contributed by atoms with Crippen molar-refractivity contribution in [3.05, 3.63) is 69.9 Å². The first-order valence-electron chi connectivity index (χ1n) is 8.67. The van der Waals surface area contributed by atoms with Crippen LogP contribution < -0.4 is 4.74 Å². The number of rotatable bonds is 7. The molecule has 1 N–H and O–H groups in total. The number of carboxylic acids is 1. The van der Waals surface area contributed by atoms with Crippen molar-refractivity contribution in [2.24, 2.45) is 0 Å². The van der Waals surface area contributed by atoms with E-state index >= 15 is 0 Å². The summed E-state index contributed by atoms with van der Waals surface area (Å²) in [6.45, 7) is 8.01. The average molecular weight is 385 g/mol. The molecule has 27 heavy (non-hydrogen) atoms. The van der Waals surface area contributed by atoms with Crippen molar-refractivity contribution >= 4 is 34.6 Å². The summed E-state index contributed by atoms with van der Waals surface area (Å²) in [5, 5.41) is 10.4. The number of carbonyl (C=O) groups is 1. The van der Waals surface area contributed by atoms with Crippen LogP contribution in [0.15, 0.2) is 41.3 Å². The van der Waals surface area contributed by atoms with Crippen molar-refractivity contribution in [1.82, 2.24) is 0 Å². The number of aliphatic carboxylic acids is 1. The van der Waals surface area contributed by atoms with Crippen molar-refractivity contribution in [1.29, 1.82) is 0 Å². The molecule has 140 valence electrons. The normalized spacial score (nSPS) is 10.9. The number of aryl methyl sites for hydroxylation is 1. The van der Waals surface area contributed by atoms with Crippen LogP contribution in [0.3, 0.4) is 0 Å². The molecular formula is C22H21ClO4. The van der Waals surface area contributed by atoms with Crippen molar-refractivity contribution in [2.45, 2.75) is 33.3 Å². The molecule has 3 aromatic rings. The lowest BCUT2D eigenvalue weighted by Crippen LogP contribution is -2.03. The van der Waals surface area contributed by atoms with Gasteiger partial charge in [0, 0.05) is 22.4 Å². The Bertz CT molecular complexity index is 1020. The molecular weight excluding hydrogens is 364 g/mol. The first-order chi connectivity index (χ1) is 12.9. The summed E-state index contributed by atoms with van der Waals surface area (Å²) < 4.78 is 11.8. The molecule has 0 fully saturated rings. The summed E-state index contributed by atoms with van der Waals surface area (Å²) in [6.07, 6.45) is 2.28. The summed E-state index contributed by atoms with van der Waals surface area (Å²) >= 11 is 6.22. The van der Waals surface area contributed by atoms with Gasteiger partial charge >= 0.3 is 5.97 Å². The topological polar surface area (TPSA) is 59.7 Å². The molecule has 0 bridgehead atoms. The number of carboxylic acid groups (broad SMARTS) is 1. The van der Waals surface area contributed by atoms with E-state index in [1.165, 1.54) is 0 Å². The summed E-state index contributed by atoms with van der Waals surface area (Å²) in [6, 6.07) is 9.40. The van der Waals surface area contributed by atoms with E-state index in [1.54, 1.807) is 6.08 Å². The highest BCUT2D eigenvalue weighted by atomic mass is 35.5. The van der Waals surface area contributed by atoms with E-state index in [0.29, 0.717) is 23.8 Å². The lowest BCUT2D eigenvalue weighted by atomic mass is 9.99. The Morgan fingerprint density at radius 3 is 2.70 bits per heavy atom. The van der Waals surface area contributed by atoms with E-state index in [1.807, 2.05) is 44.2 Å². The van der Waals surface area contributed by atoms with Crippen LogP contribution in [0.4, 0.5) is 0 Å². The van der Waals surface area contributed by atoms with Gasteiger partial charge in [0.2, 0.25) is 0 Å². The molecule has 0 saturated carbocycles. The monoisotopic (exact) mass is 384 g/mol.